The van der Waals surface area contributed by atoms with Crippen molar-refractivity contribution in [2.45, 2.75) is 57.7 Å². The van der Waals surface area contributed by atoms with Gasteiger partial charge in [0.1, 0.15) is 25.8 Å². The molecular formula is C27H33Cl2N3O6S. The predicted molar refractivity (Wildman–Crippen MR) is 151 cm³/mol. The Balaban J connectivity index is 1.60. The molecule has 0 bridgehead atoms. The van der Waals surface area contributed by atoms with Gasteiger partial charge in [-0.2, -0.15) is 0 Å². The fraction of sp³-hybridized carbons (Fsp3) is 0.481. The molecule has 1 atom stereocenters. The number of nitrogens with one attached hydrogen (secondary N) is 1. The fourth-order valence-electron chi connectivity index (χ4n) is 4.79. The van der Waals surface area contributed by atoms with Gasteiger partial charge in [-0.25, -0.2) is 8.42 Å². The van der Waals surface area contributed by atoms with Crippen LogP contribution in [0.1, 0.15) is 44.6 Å². The van der Waals surface area contributed by atoms with Gasteiger partial charge in [-0.1, -0.05) is 48.5 Å². The summed E-state index contributed by atoms with van der Waals surface area (Å²) in [6.07, 6.45) is 6.05. The Morgan fingerprint density at radius 2 is 1.69 bits per heavy atom. The summed E-state index contributed by atoms with van der Waals surface area (Å²) in [7, 11) is -3.88. The van der Waals surface area contributed by atoms with Gasteiger partial charge in [0.15, 0.2) is 11.5 Å². The maximum absolute atomic E-state index is 13.8. The Bertz CT molecular complexity index is 1320. The number of sulfonamides is 1. The van der Waals surface area contributed by atoms with E-state index in [4.69, 9.17) is 32.7 Å². The molecule has 0 aromatic heterocycles. The van der Waals surface area contributed by atoms with Crippen molar-refractivity contribution in [1.82, 2.24) is 10.2 Å². The zero-order chi connectivity index (χ0) is 28.2. The van der Waals surface area contributed by atoms with E-state index < -0.39 is 28.5 Å². The molecule has 2 aromatic carbocycles. The summed E-state index contributed by atoms with van der Waals surface area (Å²) in [5, 5.41) is 3.75. The van der Waals surface area contributed by atoms with Crippen molar-refractivity contribution in [2.24, 2.45) is 0 Å². The van der Waals surface area contributed by atoms with Gasteiger partial charge < -0.3 is 19.7 Å². The molecule has 0 saturated heterocycles. The van der Waals surface area contributed by atoms with Crippen LogP contribution in [0.15, 0.2) is 36.4 Å². The predicted octanol–water partition coefficient (Wildman–Crippen LogP) is 4.40. The van der Waals surface area contributed by atoms with E-state index in [0.29, 0.717) is 40.3 Å². The molecule has 39 heavy (non-hydrogen) atoms. The Hall–Kier alpha value is -2.69. The number of ether oxygens (including phenoxy) is 2. The summed E-state index contributed by atoms with van der Waals surface area (Å²) in [5.74, 6) is 0.0555. The topological polar surface area (TPSA) is 105 Å². The second kappa shape index (κ2) is 12.7. The van der Waals surface area contributed by atoms with E-state index in [9.17, 15) is 18.0 Å². The molecule has 212 valence electrons. The molecule has 0 radical (unpaired) electrons. The molecule has 12 heteroatoms. The average Bonchev–Trinajstić information content (AvgIpc) is 2.91. The zero-order valence-electron chi connectivity index (χ0n) is 22.0. The number of carbonyl (C=O) groups is 2. The lowest BCUT2D eigenvalue weighted by molar-refractivity contribution is -0.139. The van der Waals surface area contributed by atoms with Crippen LogP contribution >= 0.6 is 23.2 Å². The third kappa shape index (κ3) is 7.49. The van der Waals surface area contributed by atoms with Gasteiger partial charge in [-0.3, -0.25) is 13.9 Å². The molecule has 0 spiro atoms. The van der Waals surface area contributed by atoms with Crippen LogP contribution in [0.5, 0.6) is 11.5 Å². The standard InChI is InChI=1S/C27H33Cl2N3O6S/c1-18(27(34)30-20-6-4-3-5-7-20)31(16-19-8-10-22(28)23(29)14-19)26(33)17-32(39(2,35)36)21-9-11-24-25(15-21)38-13-12-37-24/h8-11,14-15,18,20H,3-7,12-13,16-17H2,1-2H3,(H,30,34)/t18-/m0/s1. The lowest BCUT2D eigenvalue weighted by Crippen LogP contribution is -2.53. The summed E-state index contributed by atoms with van der Waals surface area (Å²) in [4.78, 5) is 28.4. The highest BCUT2D eigenvalue weighted by atomic mass is 35.5. The van der Waals surface area contributed by atoms with E-state index in [1.165, 1.54) is 11.0 Å². The van der Waals surface area contributed by atoms with Crippen molar-refractivity contribution < 1.29 is 27.5 Å². The molecule has 1 fully saturated rings. The van der Waals surface area contributed by atoms with Crippen LogP contribution in [0.2, 0.25) is 10.0 Å². The number of benzene rings is 2. The summed E-state index contributed by atoms with van der Waals surface area (Å²) >= 11 is 12.3. The largest absolute Gasteiger partial charge is 0.486 e. The first kappa shape index (κ1) is 29.3. The van der Waals surface area contributed by atoms with Gasteiger partial charge in [-0.05, 0) is 49.6 Å². The Morgan fingerprint density at radius 3 is 2.36 bits per heavy atom. The van der Waals surface area contributed by atoms with Gasteiger partial charge >= 0.3 is 0 Å². The molecule has 2 amide bonds. The summed E-state index contributed by atoms with van der Waals surface area (Å²) < 4.78 is 37.8. The van der Waals surface area contributed by atoms with Crippen molar-refractivity contribution in [3.63, 3.8) is 0 Å². The molecule has 1 heterocycles. The molecule has 2 aliphatic rings. The second-order valence-corrected chi connectivity index (χ2v) is 12.6. The smallest absolute Gasteiger partial charge is 0.244 e. The third-order valence-corrected chi connectivity index (χ3v) is 8.83. The Morgan fingerprint density at radius 1 is 1.00 bits per heavy atom. The van der Waals surface area contributed by atoms with Gasteiger partial charge in [-0.15, -0.1) is 0 Å². The van der Waals surface area contributed by atoms with Crippen LogP contribution in [-0.2, 0) is 26.2 Å². The number of fused-ring (bicyclic) bond motifs is 1. The Kier molecular flexibility index (Phi) is 9.51. The van der Waals surface area contributed by atoms with Gasteiger partial charge in [0.25, 0.3) is 0 Å². The summed E-state index contributed by atoms with van der Waals surface area (Å²) in [5.41, 5.74) is 0.907. The SMILES string of the molecule is C[C@@H](C(=O)NC1CCCCC1)N(Cc1ccc(Cl)c(Cl)c1)C(=O)CN(c1ccc2c(c1)OCCO2)S(C)(=O)=O. The first-order chi connectivity index (χ1) is 18.5. The van der Waals surface area contributed by atoms with Crippen molar-refractivity contribution in [3.8, 4) is 11.5 Å². The molecule has 1 saturated carbocycles. The van der Waals surface area contributed by atoms with Crippen molar-refractivity contribution >= 4 is 50.7 Å². The monoisotopic (exact) mass is 597 g/mol. The highest BCUT2D eigenvalue weighted by Crippen LogP contribution is 2.35. The molecule has 9 nitrogen and oxygen atoms in total. The van der Waals surface area contributed by atoms with E-state index in [2.05, 4.69) is 5.32 Å². The second-order valence-electron chi connectivity index (χ2n) is 9.89. The molecular weight excluding hydrogens is 565 g/mol. The quantitative estimate of drug-likeness (QED) is 0.459. The first-order valence-corrected chi connectivity index (χ1v) is 15.5. The highest BCUT2D eigenvalue weighted by Gasteiger charge is 2.31. The molecule has 4 rings (SSSR count). The number of hydrogen-bond acceptors (Lipinski definition) is 6. The number of rotatable bonds is 9. The van der Waals surface area contributed by atoms with E-state index in [1.54, 1.807) is 37.3 Å². The normalized spacial score (nSPS) is 16.3. The van der Waals surface area contributed by atoms with E-state index in [1.807, 2.05) is 0 Å². The van der Waals surface area contributed by atoms with Crippen molar-refractivity contribution in [2.75, 3.05) is 30.3 Å². The maximum Gasteiger partial charge on any atom is 0.244 e. The first-order valence-electron chi connectivity index (χ1n) is 12.9. The van der Waals surface area contributed by atoms with Crippen LogP contribution in [-0.4, -0.2) is 63.2 Å². The number of carbonyl (C=O) groups excluding carboxylic acids is 2. The van der Waals surface area contributed by atoms with Crippen LogP contribution in [0.25, 0.3) is 0 Å². The van der Waals surface area contributed by atoms with Gasteiger partial charge in [0.2, 0.25) is 21.8 Å². The van der Waals surface area contributed by atoms with Crippen LogP contribution in [0.4, 0.5) is 5.69 Å². The molecule has 1 N–H and O–H groups in total. The molecule has 1 aliphatic heterocycles. The van der Waals surface area contributed by atoms with Crippen molar-refractivity contribution in [1.29, 1.82) is 0 Å². The number of anilines is 1. The lowest BCUT2D eigenvalue weighted by Gasteiger charge is -2.33. The van der Waals surface area contributed by atoms with Crippen LogP contribution < -0.4 is 19.1 Å². The minimum Gasteiger partial charge on any atom is -0.486 e. The third-order valence-electron chi connectivity index (χ3n) is 6.95. The van der Waals surface area contributed by atoms with Gasteiger partial charge in [0.05, 0.1) is 22.0 Å². The van der Waals surface area contributed by atoms with Crippen LogP contribution in [0, 0.1) is 0 Å². The molecule has 1 aliphatic carbocycles. The zero-order valence-corrected chi connectivity index (χ0v) is 24.3. The van der Waals surface area contributed by atoms with E-state index >= 15 is 0 Å². The lowest BCUT2D eigenvalue weighted by atomic mass is 9.95. The minimum atomic E-state index is -3.88. The Labute approximate surface area is 239 Å². The number of amides is 2. The van der Waals surface area contributed by atoms with E-state index in [0.717, 1.165) is 42.7 Å². The highest BCUT2D eigenvalue weighted by molar-refractivity contribution is 7.92. The van der Waals surface area contributed by atoms with Crippen LogP contribution in [0.3, 0.4) is 0 Å². The maximum atomic E-state index is 13.8. The molecule has 2 aromatic rings. The van der Waals surface area contributed by atoms with E-state index in [-0.39, 0.29) is 24.2 Å². The fourth-order valence-corrected chi connectivity index (χ4v) is 5.95. The summed E-state index contributed by atoms with van der Waals surface area (Å²) in [6, 6.07) is 8.86. The van der Waals surface area contributed by atoms with Gasteiger partial charge in [0, 0.05) is 18.7 Å². The summed E-state index contributed by atoms with van der Waals surface area (Å²) in [6.45, 7) is 1.89. The average molecular weight is 599 g/mol. The van der Waals surface area contributed by atoms with Crippen molar-refractivity contribution in [3.05, 3.63) is 52.0 Å². The molecule has 0 unspecified atom stereocenters. The number of hydrogen-bond donors (Lipinski definition) is 1. The number of nitrogens with zero attached hydrogens (tertiary/aromatic N) is 2. The number of halogens is 2. The minimum absolute atomic E-state index is 0.0354.